The standard InChI is InChI=1S/C15H16F2N2O2S/c1-9(2)7-13(20)12(8-18)14(21)19-10-3-5-11(6-4-10)22-15(16)17/h3-6,9,12,15H,7H2,1-2H3,(H,19,21)/t12-/m0/s1. The van der Waals surface area contributed by atoms with Crippen molar-refractivity contribution in [2.24, 2.45) is 11.8 Å². The van der Waals surface area contributed by atoms with E-state index in [1.807, 2.05) is 13.8 Å². The molecule has 0 radical (unpaired) electrons. The molecular weight excluding hydrogens is 310 g/mol. The van der Waals surface area contributed by atoms with E-state index in [9.17, 15) is 18.4 Å². The van der Waals surface area contributed by atoms with Crippen LogP contribution < -0.4 is 5.32 Å². The highest BCUT2D eigenvalue weighted by Crippen LogP contribution is 2.26. The third-order valence-electron chi connectivity index (χ3n) is 2.67. The molecule has 4 nitrogen and oxygen atoms in total. The maximum atomic E-state index is 12.2. The molecule has 118 valence electrons. The monoisotopic (exact) mass is 326 g/mol. The fourth-order valence-electron chi connectivity index (χ4n) is 1.73. The lowest BCUT2D eigenvalue weighted by molar-refractivity contribution is -0.129. The Kier molecular flexibility index (Phi) is 6.99. The van der Waals surface area contributed by atoms with Crippen molar-refractivity contribution in [3.05, 3.63) is 24.3 Å². The van der Waals surface area contributed by atoms with Crippen LogP contribution in [0.2, 0.25) is 0 Å². The van der Waals surface area contributed by atoms with E-state index in [-0.39, 0.29) is 12.3 Å². The SMILES string of the molecule is CC(C)CC(=O)[C@H](C#N)C(=O)Nc1ccc(SC(F)F)cc1. The zero-order valence-corrected chi connectivity index (χ0v) is 13.0. The molecule has 1 amide bonds. The molecule has 7 heteroatoms. The quantitative estimate of drug-likeness (QED) is 0.613. The summed E-state index contributed by atoms with van der Waals surface area (Å²) in [6.45, 7) is 3.65. The Morgan fingerprint density at radius 3 is 2.32 bits per heavy atom. The third kappa shape index (κ3) is 5.82. The minimum Gasteiger partial charge on any atom is -0.325 e. The van der Waals surface area contributed by atoms with Gasteiger partial charge in [-0.15, -0.1) is 0 Å². The lowest BCUT2D eigenvalue weighted by Crippen LogP contribution is -2.29. The number of anilines is 1. The largest absolute Gasteiger partial charge is 0.325 e. The van der Waals surface area contributed by atoms with Crippen LogP contribution in [-0.2, 0) is 9.59 Å². The van der Waals surface area contributed by atoms with Gasteiger partial charge in [0.15, 0.2) is 11.7 Å². The number of thioether (sulfide) groups is 1. The Bertz CT molecular complexity index is 568. The highest BCUT2D eigenvalue weighted by Gasteiger charge is 2.26. The number of halogens is 2. The number of Topliss-reactive ketones (excluding diaryl/α,β-unsaturated/α-hetero) is 1. The van der Waals surface area contributed by atoms with Crippen LogP contribution in [0.25, 0.3) is 0 Å². The molecular formula is C15H16F2N2O2S. The molecule has 1 N–H and O–H groups in total. The van der Waals surface area contributed by atoms with Crippen LogP contribution in [0.15, 0.2) is 29.2 Å². The van der Waals surface area contributed by atoms with Gasteiger partial charge in [0.1, 0.15) is 0 Å². The van der Waals surface area contributed by atoms with E-state index >= 15 is 0 Å². The van der Waals surface area contributed by atoms with Gasteiger partial charge in [0.25, 0.3) is 5.76 Å². The van der Waals surface area contributed by atoms with Gasteiger partial charge in [-0.2, -0.15) is 14.0 Å². The van der Waals surface area contributed by atoms with Gasteiger partial charge in [0.2, 0.25) is 5.91 Å². The predicted octanol–water partition coefficient (Wildman–Crippen LogP) is 3.69. The van der Waals surface area contributed by atoms with E-state index in [0.717, 1.165) is 0 Å². The number of carbonyl (C=O) groups excluding carboxylic acids is 2. The number of amides is 1. The van der Waals surface area contributed by atoms with Crippen LogP contribution in [-0.4, -0.2) is 17.4 Å². The van der Waals surface area contributed by atoms with Crippen LogP contribution >= 0.6 is 11.8 Å². The van der Waals surface area contributed by atoms with Gasteiger partial charge in [0.05, 0.1) is 6.07 Å². The first kappa shape index (κ1) is 18.1. The van der Waals surface area contributed by atoms with Crippen molar-refractivity contribution in [3.63, 3.8) is 0 Å². The number of alkyl halides is 2. The van der Waals surface area contributed by atoms with E-state index in [1.54, 1.807) is 6.07 Å². The van der Waals surface area contributed by atoms with Crippen molar-refractivity contribution in [2.75, 3.05) is 5.32 Å². The number of hydrogen-bond donors (Lipinski definition) is 1. The van der Waals surface area contributed by atoms with Gasteiger partial charge in [0, 0.05) is 17.0 Å². The molecule has 0 saturated heterocycles. The Morgan fingerprint density at radius 1 is 1.27 bits per heavy atom. The molecule has 0 saturated carbocycles. The fourth-order valence-corrected chi connectivity index (χ4v) is 2.23. The minimum atomic E-state index is -2.52. The molecule has 0 fully saturated rings. The van der Waals surface area contributed by atoms with Crippen LogP contribution in [0.3, 0.4) is 0 Å². The maximum Gasteiger partial charge on any atom is 0.288 e. The van der Waals surface area contributed by atoms with Gasteiger partial charge < -0.3 is 5.32 Å². The first-order valence-electron chi connectivity index (χ1n) is 6.61. The van der Waals surface area contributed by atoms with E-state index < -0.39 is 23.4 Å². The second kappa shape index (κ2) is 8.49. The number of rotatable bonds is 7. The second-order valence-electron chi connectivity index (χ2n) is 5.02. The topological polar surface area (TPSA) is 70.0 Å². The van der Waals surface area contributed by atoms with Crippen LogP contribution in [0.4, 0.5) is 14.5 Å². The second-order valence-corrected chi connectivity index (χ2v) is 6.08. The van der Waals surface area contributed by atoms with Gasteiger partial charge >= 0.3 is 0 Å². The fraction of sp³-hybridized carbons (Fsp3) is 0.400. The van der Waals surface area contributed by atoms with E-state index in [2.05, 4.69) is 5.32 Å². The molecule has 1 aromatic carbocycles. The lowest BCUT2D eigenvalue weighted by atomic mass is 9.96. The summed E-state index contributed by atoms with van der Waals surface area (Å²) in [5.41, 5.74) is 0.348. The number of nitrogens with zero attached hydrogens (tertiary/aromatic N) is 1. The Labute approximate surface area is 131 Å². The number of carbonyl (C=O) groups is 2. The van der Waals surface area contributed by atoms with Crippen molar-refractivity contribution in [2.45, 2.75) is 30.9 Å². The van der Waals surface area contributed by atoms with E-state index in [1.165, 1.54) is 24.3 Å². The summed E-state index contributed by atoms with van der Waals surface area (Å²) in [5, 5.41) is 11.4. The number of benzene rings is 1. The molecule has 0 spiro atoms. The summed E-state index contributed by atoms with van der Waals surface area (Å²) in [4.78, 5) is 24.1. The van der Waals surface area contributed by atoms with Gasteiger partial charge in [-0.25, -0.2) is 0 Å². The third-order valence-corrected chi connectivity index (χ3v) is 3.39. The Morgan fingerprint density at radius 2 is 1.86 bits per heavy atom. The van der Waals surface area contributed by atoms with Crippen molar-refractivity contribution in [1.82, 2.24) is 0 Å². The summed E-state index contributed by atoms with van der Waals surface area (Å²) < 4.78 is 24.4. The minimum absolute atomic E-state index is 0.0572. The molecule has 0 aliphatic rings. The normalized spacial score (nSPS) is 12.0. The zero-order valence-electron chi connectivity index (χ0n) is 12.2. The molecule has 1 atom stereocenters. The highest BCUT2D eigenvalue weighted by atomic mass is 32.2. The van der Waals surface area contributed by atoms with E-state index in [0.29, 0.717) is 22.3 Å². The first-order chi connectivity index (χ1) is 10.3. The highest BCUT2D eigenvalue weighted by molar-refractivity contribution is 7.99. The first-order valence-corrected chi connectivity index (χ1v) is 7.49. The van der Waals surface area contributed by atoms with E-state index in [4.69, 9.17) is 5.26 Å². The molecule has 0 heterocycles. The van der Waals surface area contributed by atoms with Gasteiger partial charge in [-0.1, -0.05) is 25.6 Å². The average molecular weight is 326 g/mol. The van der Waals surface area contributed by atoms with Crippen molar-refractivity contribution in [3.8, 4) is 6.07 Å². The number of hydrogen-bond acceptors (Lipinski definition) is 4. The van der Waals surface area contributed by atoms with Crippen molar-refractivity contribution >= 4 is 29.1 Å². The van der Waals surface area contributed by atoms with Crippen LogP contribution in [0, 0.1) is 23.2 Å². The molecule has 1 rings (SSSR count). The molecule has 0 bridgehead atoms. The maximum absolute atomic E-state index is 12.2. The summed E-state index contributed by atoms with van der Waals surface area (Å²) in [5.74, 6) is -4.96. The van der Waals surface area contributed by atoms with Crippen molar-refractivity contribution in [1.29, 1.82) is 5.26 Å². The Hall–Kier alpha value is -1.94. The van der Waals surface area contributed by atoms with Gasteiger partial charge in [-0.05, 0) is 30.2 Å². The molecule has 0 aliphatic heterocycles. The smallest absolute Gasteiger partial charge is 0.288 e. The van der Waals surface area contributed by atoms with Crippen LogP contribution in [0.5, 0.6) is 0 Å². The zero-order chi connectivity index (χ0) is 16.7. The number of ketones is 1. The number of nitriles is 1. The molecule has 0 aromatic heterocycles. The molecule has 0 unspecified atom stereocenters. The summed E-state index contributed by atoms with van der Waals surface area (Å²) in [6, 6.07) is 7.47. The Balaban J connectivity index is 2.70. The molecule has 1 aromatic rings. The molecule has 0 aliphatic carbocycles. The summed E-state index contributed by atoms with van der Waals surface area (Å²) in [7, 11) is 0. The lowest BCUT2D eigenvalue weighted by Gasteiger charge is -2.11. The average Bonchev–Trinajstić information content (AvgIpc) is 2.40. The van der Waals surface area contributed by atoms with Crippen LogP contribution in [0.1, 0.15) is 20.3 Å². The summed E-state index contributed by atoms with van der Waals surface area (Å²) in [6.07, 6.45) is 0.148. The summed E-state index contributed by atoms with van der Waals surface area (Å²) >= 11 is 0.396. The van der Waals surface area contributed by atoms with Crippen molar-refractivity contribution < 1.29 is 18.4 Å². The molecule has 22 heavy (non-hydrogen) atoms. The predicted molar refractivity (Wildman–Crippen MR) is 80.5 cm³/mol. The van der Waals surface area contributed by atoms with Gasteiger partial charge in [-0.3, -0.25) is 9.59 Å². The number of nitrogens with one attached hydrogen (secondary N) is 1.